The first-order chi connectivity index (χ1) is 19.8. The van der Waals surface area contributed by atoms with E-state index < -0.39 is 6.04 Å². The number of nitrogens with one attached hydrogen (secondary N) is 1. The molecule has 1 atom stereocenters. The van der Waals surface area contributed by atoms with Crippen LogP contribution < -0.4 is 32.1 Å². The normalized spacial score (nSPS) is 14.5. The molecular weight excluding hydrogens is 544 g/mol. The van der Waals surface area contributed by atoms with E-state index in [2.05, 4.69) is 32.3 Å². The molecule has 5 rings (SSSR count). The third-order valence-corrected chi connectivity index (χ3v) is 7.46. The van der Waals surface area contributed by atoms with Crippen LogP contribution in [0.2, 0.25) is 5.02 Å². The Bertz CT molecular complexity index is 1660. The number of halogens is 1. The molecule has 1 saturated heterocycles. The molecule has 0 saturated carbocycles. The Morgan fingerprint density at radius 2 is 1.83 bits per heavy atom. The number of nitrogens with two attached hydrogens (primary N) is 2. The number of anilines is 3. The van der Waals surface area contributed by atoms with Crippen LogP contribution in [0, 0.1) is 11.3 Å². The SMILES string of the molecule is CCC(Nc1nc(N)nc(N)c1C#N)c1nc2cccc(Cl)c2c(=O)n1N1CCN(Cc2ccc(OC)cc2)CC1. The van der Waals surface area contributed by atoms with Crippen molar-refractivity contribution in [2.75, 3.05) is 55.1 Å². The van der Waals surface area contributed by atoms with Gasteiger partial charge < -0.3 is 26.5 Å². The fourth-order valence-electron chi connectivity index (χ4n) is 5.01. The summed E-state index contributed by atoms with van der Waals surface area (Å²) >= 11 is 6.49. The van der Waals surface area contributed by atoms with E-state index >= 15 is 0 Å². The minimum absolute atomic E-state index is 0.0269. The van der Waals surface area contributed by atoms with E-state index in [0.29, 0.717) is 41.3 Å². The Morgan fingerprint density at radius 3 is 2.49 bits per heavy atom. The average Bonchev–Trinajstić information content (AvgIpc) is 2.96. The lowest BCUT2D eigenvalue weighted by atomic mass is 10.1. The van der Waals surface area contributed by atoms with Crippen LogP contribution in [0.25, 0.3) is 10.9 Å². The number of nitrogens with zero attached hydrogens (tertiary/aromatic N) is 7. The second-order valence-corrected chi connectivity index (χ2v) is 10.1. The zero-order valence-corrected chi connectivity index (χ0v) is 23.6. The molecule has 0 aliphatic carbocycles. The van der Waals surface area contributed by atoms with Gasteiger partial charge in [0.2, 0.25) is 5.95 Å². The summed E-state index contributed by atoms with van der Waals surface area (Å²) in [6.07, 6.45) is 0.518. The molecule has 3 heterocycles. The molecule has 0 amide bonds. The highest BCUT2D eigenvalue weighted by Crippen LogP contribution is 2.27. The van der Waals surface area contributed by atoms with Gasteiger partial charge in [-0.05, 0) is 36.2 Å². The van der Waals surface area contributed by atoms with Crippen LogP contribution in [0.3, 0.4) is 0 Å². The topological polar surface area (TPSA) is 164 Å². The van der Waals surface area contributed by atoms with E-state index in [4.69, 9.17) is 32.8 Å². The fourth-order valence-corrected chi connectivity index (χ4v) is 5.26. The number of rotatable bonds is 8. The summed E-state index contributed by atoms with van der Waals surface area (Å²) in [4.78, 5) is 29.4. The number of hydrogen-bond acceptors (Lipinski definition) is 11. The highest BCUT2D eigenvalue weighted by molar-refractivity contribution is 6.35. The molecule has 0 spiro atoms. The van der Waals surface area contributed by atoms with Crippen LogP contribution in [0.1, 0.15) is 36.3 Å². The summed E-state index contributed by atoms with van der Waals surface area (Å²) in [5, 5.41) is 15.6. The number of benzene rings is 2. The highest BCUT2D eigenvalue weighted by atomic mass is 35.5. The zero-order chi connectivity index (χ0) is 29.1. The van der Waals surface area contributed by atoms with Gasteiger partial charge in [-0.2, -0.15) is 15.2 Å². The summed E-state index contributed by atoms with van der Waals surface area (Å²) in [6, 6.07) is 14.8. The van der Waals surface area contributed by atoms with E-state index in [0.717, 1.165) is 25.4 Å². The first-order valence-corrected chi connectivity index (χ1v) is 13.6. The molecule has 12 nitrogen and oxygen atoms in total. The van der Waals surface area contributed by atoms with Crippen LogP contribution >= 0.6 is 11.6 Å². The highest BCUT2D eigenvalue weighted by Gasteiger charge is 2.27. The molecule has 212 valence electrons. The third-order valence-electron chi connectivity index (χ3n) is 7.14. The number of piperazine rings is 1. The maximum absolute atomic E-state index is 14.0. The Hall–Kier alpha value is -4.60. The zero-order valence-electron chi connectivity index (χ0n) is 22.8. The van der Waals surface area contributed by atoms with E-state index in [-0.39, 0.29) is 28.7 Å². The molecule has 0 radical (unpaired) electrons. The number of nitrogen functional groups attached to an aromatic ring is 2. The summed E-state index contributed by atoms with van der Waals surface area (Å²) in [6.45, 7) is 5.39. The van der Waals surface area contributed by atoms with Gasteiger partial charge in [-0.1, -0.05) is 36.7 Å². The standard InChI is InChI=1S/C28H31ClN10O2/c1-3-21(33-25-19(15-30)24(31)35-28(32)36-25)26-34-22-6-4-5-20(29)23(22)27(40)39(26)38-13-11-37(12-14-38)16-17-7-9-18(41-2)10-8-17/h4-10,21H,3,11-14,16H2,1-2H3,(H5,31,32,33,35,36). The number of fused-ring (bicyclic) bond motifs is 1. The van der Waals surface area contributed by atoms with Gasteiger partial charge in [0.15, 0.2) is 11.6 Å². The second-order valence-electron chi connectivity index (χ2n) is 9.71. The molecule has 1 fully saturated rings. The molecule has 41 heavy (non-hydrogen) atoms. The molecule has 13 heteroatoms. The van der Waals surface area contributed by atoms with Gasteiger partial charge in [0.05, 0.1) is 29.1 Å². The lowest BCUT2D eigenvalue weighted by Gasteiger charge is -2.38. The third kappa shape index (κ3) is 5.68. The monoisotopic (exact) mass is 574 g/mol. The first-order valence-electron chi connectivity index (χ1n) is 13.2. The average molecular weight is 575 g/mol. The van der Waals surface area contributed by atoms with Crippen LogP contribution in [0.15, 0.2) is 47.3 Å². The Kier molecular flexibility index (Phi) is 8.09. The minimum atomic E-state index is -0.510. The van der Waals surface area contributed by atoms with Crippen molar-refractivity contribution in [3.05, 3.63) is 74.8 Å². The molecular formula is C28H31ClN10O2. The van der Waals surface area contributed by atoms with Crippen LogP contribution in [-0.4, -0.2) is 57.8 Å². The van der Waals surface area contributed by atoms with E-state index in [1.807, 2.05) is 30.1 Å². The Labute approximate surface area is 242 Å². The van der Waals surface area contributed by atoms with Crippen molar-refractivity contribution in [1.29, 1.82) is 5.26 Å². The Balaban J connectivity index is 1.49. The quantitative estimate of drug-likeness (QED) is 0.283. The molecule has 2 aromatic carbocycles. The second kappa shape index (κ2) is 11.9. The lowest BCUT2D eigenvalue weighted by molar-refractivity contribution is 0.229. The molecule has 1 aliphatic heterocycles. The maximum Gasteiger partial charge on any atom is 0.281 e. The number of hydrogen-bond donors (Lipinski definition) is 3. The smallest absolute Gasteiger partial charge is 0.281 e. The van der Waals surface area contributed by atoms with Crippen molar-refractivity contribution in [2.24, 2.45) is 0 Å². The van der Waals surface area contributed by atoms with Crippen molar-refractivity contribution in [2.45, 2.75) is 25.9 Å². The number of ether oxygens (including phenoxy) is 1. The van der Waals surface area contributed by atoms with Crippen molar-refractivity contribution in [3.8, 4) is 11.8 Å². The van der Waals surface area contributed by atoms with Crippen molar-refractivity contribution in [1.82, 2.24) is 24.5 Å². The van der Waals surface area contributed by atoms with E-state index in [1.54, 1.807) is 30.0 Å². The first kappa shape index (κ1) is 27.9. The number of nitriles is 1. The van der Waals surface area contributed by atoms with Crippen LogP contribution in [0.5, 0.6) is 5.75 Å². The summed E-state index contributed by atoms with van der Waals surface area (Å²) in [7, 11) is 1.65. The predicted octanol–water partition coefficient (Wildman–Crippen LogP) is 2.90. The van der Waals surface area contributed by atoms with Gasteiger partial charge in [-0.25, -0.2) is 9.66 Å². The maximum atomic E-state index is 14.0. The van der Waals surface area contributed by atoms with Crippen molar-refractivity contribution < 1.29 is 4.74 Å². The van der Waals surface area contributed by atoms with Crippen LogP contribution in [0.4, 0.5) is 17.6 Å². The van der Waals surface area contributed by atoms with Gasteiger partial charge in [-0.15, -0.1) is 0 Å². The van der Waals surface area contributed by atoms with Crippen LogP contribution in [-0.2, 0) is 6.54 Å². The predicted molar refractivity (Wildman–Crippen MR) is 159 cm³/mol. The number of methoxy groups -OCH3 is 1. The summed E-state index contributed by atoms with van der Waals surface area (Å²) in [5.74, 6) is 1.38. The molecule has 5 N–H and O–H groups in total. The van der Waals surface area contributed by atoms with Gasteiger partial charge in [0.25, 0.3) is 5.56 Å². The minimum Gasteiger partial charge on any atom is -0.497 e. The Morgan fingerprint density at radius 1 is 1.10 bits per heavy atom. The van der Waals surface area contributed by atoms with Crippen molar-refractivity contribution >= 4 is 40.1 Å². The largest absolute Gasteiger partial charge is 0.497 e. The van der Waals surface area contributed by atoms with Gasteiger partial charge in [0, 0.05) is 32.7 Å². The molecule has 4 aromatic rings. The van der Waals surface area contributed by atoms with Gasteiger partial charge in [0.1, 0.15) is 23.2 Å². The van der Waals surface area contributed by atoms with Crippen molar-refractivity contribution in [3.63, 3.8) is 0 Å². The van der Waals surface area contributed by atoms with E-state index in [9.17, 15) is 10.1 Å². The van der Waals surface area contributed by atoms with E-state index in [1.165, 1.54) is 5.56 Å². The van der Waals surface area contributed by atoms with Gasteiger partial charge in [-0.3, -0.25) is 9.69 Å². The fraction of sp³-hybridized carbons (Fsp3) is 0.321. The molecule has 1 unspecified atom stereocenters. The molecule has 1 aliphatic rings. The lowest BCUT2D eigenvalue weighted by Crippen LogP contribution is -2.55. The summed E-state index contributed by atoms with van der Waals surface area (Å²) in [5.41, 5.74) is 13.2. The van der Waals surface area contributed by atoms with Gasteiger partial charge >= 0.3 is 0 Å². The number of aromatic nitrogens is 4. The molecule has 2 aromatic heterocycles. The summed E-state index contributed by atoms with van der Waals surface area (Å²) < 4.78 is 6.88. The molecule has 0 bridgehead atoms.